The molecule has 1 aliphatic heterocycles. The van der Waals surface area contributed by atoms with Crippen molar-refractivity contribution in [3.05, 3.63) is 0 Å². The summed E-state index contributed by atoms with van der Waals surface area (Å²) in [5.74, 6) is 0. The summed E-state index contributed by atoms with van der Waals surface area (Å²) in [4.78, 5) is 13.9. The van der Waals surface area contributed by atoms with E-state index < -0.39 is 17.9 Å². The fourth-order valence-corrected chi connectivity index (χ4v) is 3.76. The number of carbonyl (C=O) groups excluding carboxylic acids is 1. The lowest BCUT2D eigenvalue weighted by Gasteiger charge is -2.36. The zero-order valence-electron chi connectivity index (χ0n) is 12.6. The fourth-order valence-electron chi connectivity index (χ4n) is 3.76. The molecule has 0 radical (unpaired) electrons. The third-order valence-corrected chi connectivity index (χ3v) is 5.08. The van der Waals surface area contributed by atoms with E-state index in [1.54, 1.807) is 4.90 Å². The van der Waals surface area contributed by atoms with Crippen LogP contribution < -0.4 is 5.73 Å². The molecule has 3 fully saturated rings. The van der Waals surface area contributed by atoms with Crippen molar-refractivity contribution in [1.82, 2.24) is 4.90 Å². The maximum absolute atomic E-state index is 13.9. The predicted octanol–water partition coefficient (Wildman–Crippen LogP) is 2.61. The van der Waals surface area contributed by atoms with E-state index in [1.165, 1.54) is 0 Å². The molecule has 0 bridgehead atoms. The van der Waals surface area contributed by atoms with Gasteiger partial charge in [-0.05, 0) is 46.5 Å². The Labute approximate surface area is 119 Å². The summed E-state index contributed by atoms with van der Waals surface area (Å²) in [5.41, 5.74) is 5.64. The molecule has 0 aromatic heterocycles. The molecule has 1 saturated heterocycles. The van der Waals surface area contributed by atoms with Gasteiger partial charge in [0.2, 0.25) is 0 Å². The number of nitrogens with two attached hydrogens (primary N) is 1. The van der Waals surface area contributed by atoms with Crippen LogP contribution in [0.3, 0.4) is 0 Å². The number of likely N-dealkylation sites (tertiary alicyclic amines) is 1. The van der Waals surface area contributed by atoms with E-state index in [0.717, 1.165) is 25.7 Å². The van der Waals surface area contributed by atoms with Gasteiger partial charge < -0.3 is 15.4 Å². The van der Waals surface area contributed by atoms with Gasteiger partial charge in [0.1, 0.15) is 11.8 Å². The molecule has 0 aromatic carbocycles. The van der Waals surface area contributed by atoms with Crippen LogP contribution in [0, 0.1) is 5.41 Å². The van der Waals surface area contributed by atoms with Gasteiger partial charge in [-0.25, -0.2) is 9.18 Å². The molecule has 3 rings (SSSR count). The van der Waals surface area contributed by atoms with E-state index in [9.17, 15) is 9.18 Å². The Kier molecular flexibility index (Phi) is 2.89. The monoisotopic (exact) mass is 284 g/mol. The maximum atomic E-state index is 13.9. The Bertz CT molecular complexity index is 424. The van der Waals surface area contributed by atoms with Crippen molar-refractivity contribution in [3.63, 3.8) is 0 Å². The Morgan fingerprint density at radius 2 is 1.90 bits per heavy atom. The zero-order valence-corrected chi connectivity index (χ0v) is 12.6. The van der Waals surface area contributed by atoms with Crippen LogP contribution in [0.2, 0.25) is 0 Å². The molecule has 1 heterocycles. The van der Waals surface area contributed by atoms with E-state index in [-0.39, 0.29) is 23.5 Å². The first kappa shape index (κ1) is 14.1. The van der Waals surface area contributed by atoms with Crippen molar-refractivity contribution in [3.8, 4) is 0 Å². The minimum atomic E-state index is -0.952. The minimum Gasteiger partial charge on any atom is -0.444 e. The van der Waals surface area contributed by atoms with Gasteiger partial charge in [0, 0.05) is 23.4 Å². The highest BCUT2D eigenvalue weighted by molar-refractivity contribution is 5.69. The highest BCUT2D eigenvalue weighted by Gasteiger charge is 2.69. The maximum Gasteiger partial charge on any atom is 0.410 e. The topological polar surface area (TPSA) is 55.6 Å². The van der Waals surface area contributed by atoms with E-state index in [4.69, 9.17) is 10.5 Å². The first-order chi connectivity index (χ1) is 9.17. The fraction of sp³-hybridized carbons (Fsp3) is 0.933. The first-order valence-corrected chi connectivity index (χ1v) is 7.59. The molecule has 20 heavy (non-hydrogen) atoms. The Balaban J connectivity index is 1.78. The van der Waals surface area contributed by atoms with Gasteiger partial charge in [0.15, 0.2) is 0 Å². The van der Waals surface area contributed by atoms with Gasteiger partial charge in [-0.3, -0.25) is 0 Å². The van der Waals surface area contributed by atoms with Crippen LogP contribution in [-0.4, -0.2) is 40.9 Å². The summed E-state index contributed by atoms with van der Waals surface area (Å²) in [5, 5.41) is 0. The average molecular weight is 284 g/mol. The molecule has 1 amide bonds. The SMILES string of the molecule is CC(C)(C)OC(=O)N1C[C@H](F)CC1C1(C2(N)CC2)CC1. The lowest BCUT2D eigenvalue weighted by molar-refractivity contribution is 0.0131. The standard InChI is InChI=1S/C15H25FN2O2/c1-13(2,3)20-12(19)18-9-10(16)8-11(18)14(4-5-14)15(17)6-7-15/h10-11H,4-9,17H2,1-3H3/t10-,11?/m1/s1. The molecule has 2 aliphatic carbocycles. The second-order valence-electron chi connectivity index (χ2n) is 7.79. The average Bonchev–Trinajstić information content (AvgIpc) is 3.19. The molecular weight excluding hydrogens is 259 g/mol. The molecule has 4 nitrogen and oxygen atoms in total. The van der Waals surface area contributed by atoms with Crippen LogP contribution in [0.4, 0.5) is 9.18 Å². The van der Waals surface area contributed by atoms with E-state index in [1.807, 2.05) is 20.8 Å². The van der Waals surface area contributed by atoms with Crippen molar-refractivity contribution in [1.29, 1.82) is 0 Å². The van der Waals surface area contributed by atoms with Gasteiger partial charge >= 0.3 is 6.09 Å². The van der Waals surface area contributed by atoms with Crippen molar-refractivity contribution >= 4 is 6.09 Å². The number of nitrogens with zero attached hydrogens (tertiary/aromatic N) is 1. The van der Waals surface area contributed by atoms with Gasteiger partial charge in [-0.15, -0.1) is 0 Å². The van der Waals surface area contributed by atoms with Crippen molar-refractivity contribution < 1.29 is 13.9 Å². The Morgan fingerprint density at radius 3 is 2.35 bits per heavy atom. The quantitative estimate of drug-likeness (QED) is 0.848. The Morgan fingerprint density at radius 1 is 1.30 bits per heavy atom. The summed E-state index contributed by atoms with van der Waals surface area (Å²) < 4.78 is 19.3. The third kappa shape index (κ3) is 2.20. The second kappa shape index (κ2) is 4.09. The van der Waals surface area contributed by atoms with Crippen molar-refractivity contribution in [2.45, 2.75) is 76.2 Å². The van der Waals surface area contributed by atoms with Gasteiger partial charge in [0.25, 0.3) is 0 Å². The molecule has 1 unspecified atom stereocenters. The van der Waals surface area contributed by atoms with Crippen LogP contribution in [-0.2, 0) is 4.74 Å². The zero-order chi connectivity index (χ0) is 14.8. The van der Waals surface area contributed by atoms with Gasteiger partial charge in [-0.1, -0.05) is 0 Å². The Hall–Kier alpha value is -0.840. The van der Waals surface area contributed by atoms with E-state index >= 15 is 0 Å². The smallest absolute Gasteiger partial charge is 0.410 e. The molecule has 3 aliphatic rings. The van der Waals surface area contributed by atoms with Crippen LogP contribution in [0.1, 0.15) is 52.9 Å². The minimum absolute atomic E-state index is 0.0508. The molecule has 2 saturated carbocycles. The van der Waals surface area contributed by atoms with Gasteiger partial charge in [-0.2, -0.15) is 0 Å². The molecule has 0 spiro atoms. The third-order valence-electron chi connectivity index (χ3n) is 5.08. The van der Waals surface area contributed by atoms with Crippen LogP contribution >= 0.6 is 0 Å². The lowest BCUT2D eigenvalue weighted by Crippen LogP contribution is -2.50. The number of alkyl halides is 1. The normalized spacial score (nSPS) is 34.0. The molecule has 2 N–H and O–H groups in total. The summed E-state index contributed by atoms with van der Waals surface area (Å²) >= 11 is 0. The van der Waals surface area contributed by atoms with Gasteiger partial charge in [0.05, 0.1) is 6.54 Å². The molecule has 2 atom stereocenters. The number of rotatable bonds is 2. The second-order valence-corrected chi connectivity index (χ2v) is 7.79. The number of carbonyl (C=O) groups is 1. The summed E-state index contributed by atoms with van der Waals surface area (Å²) in [6.45, 7) is 5.65. The van der Waals surface area contributed by atoms with E-state index in [0.29, 0.717) is 6.42 Å². The largest absolute Gasteiger partial charge is 0.444 e. The van der Waals surface area contributed by atoms with Crippen LogP contribution in [0.5, 0.6) is 0 Å². The number of halogens is 1. The van der Waals surface area contributed by atoms with E-state index in [2.05, 4.69) is 0 Å². The molecule has 5 heteroatoms. The molecular formula is C15H25FN2O2. The molecule has 114 valence electrons. The lowest BCUT2D eigenvalue weighted by atomic mass is 9.84. The number of ether oxygens (including phenoxy) is 1. The summed E-state index contributed by atoms with van der Waals surface area (Å²) in [7, 11) is 0. The summed E-state index contributed by atoms with van der Waals surface area (Å²) in [6.07, 6.45) is 3.11. The first-order valence-electron chi connectivity index (χ1n) is 7.59. The number of hydrogen-bond acceptors (Lipinski definition) is 3. The summed E-state index contributed by atoms with van der Waals surface area (Å²) in [6, 6.07) is -0.0835. The molecule has 0 aromatic rings. The number of hydrogen-bond donors (Lipinski definition) is 1. The van der Waals surface area contributed by atoms with Crippen molar-refractivity contribution in [2.24, 2.45) is 11.1 Å². The van der Waals surface area contributed by atoms with Crippen LogP contribution in [0.25, 0.3) is 0 Å². The number of amides is 1. The van der Waals surface area contributed by atoms with Crippen LogP contribution in [0.15, 0.2) is 0 Å². The van der Waals surface area contributed by atoms with Crippen molar-refractivity contribution in [2.75, 3.05) is 6.54 Å². The highest BCUT2D eigenvalue weighted by Crippen LogP contribution is 2.67. The predicted molar refractivity (Wildman–Crippen MR) is 74.1 cm³/mol. The highest BCUT2D eigenvalue weighted by atomic mass is 19.1.